The number of ketones is 1. The van der Waals surface area contributed by atoms with E-state index in [1.807, 2.05) is 38.1 Å². The molecule has 0 bridgehead atoms. The van der Waals surface area contributed by atoms with E-state index >= 15 is 0 Å². The number of aliphatic hydroxyl groups excluding tert-OH is 1. The quantitative estimate of drug-likeness (QED) is 0.367. The summed E-state index contributed by atoms with van der Waals surface area (Å²) in [7, 11) is 0. The van der Waals surface area contributed by atoms with Gasteiger partial charge in [0, 0.05) is 5.56 Å². The minimum absolute atomic E-state index is 0.0193. The van der Waals surface area contributed by atoms with E-state index in [0.717, 1.165) is 5.56 Å². The number of carbonyl (C=O) groups is 2. The largest absolute Gasteiger partial charge is 0.507 e. The van der Waals surface area contributed by atoms with Crippen LogP contribution in [0.3, 0.4) is 0 Å². The van der Waals surface area contributed by atoms with Crippen LogP contribution in [0.1, 0.15) is 34.7 Å². The topological polar surface area (TPSA) is 92.6 Å². The van der Waals surface area contributed by atoms with E-state index in [1.54, 1.807) is 31.2 Å². The molecule has 1 aliphatic heterocycles. The summed E-state index contributed by atoms with van der Waals surface area (Å²) in [6, 6.07) is 13.4. The average Bonchev–Trinajstić information content (AvgIpc) is 3.30. The molecule has 8 heteroatoms. The zero-order valence-electron chi connectivity index (χ0n) is 17.3. The fourth-order valence-electron chi connectivity index (χ4n) is 3.51. The van der Waals surface area contributed by atoms with Crippen molar-refractivity contribution in [1.29, 1.82) is 0 Å². The molecule has 1 aromatic heterocycles. The van der Waals surface area contributed by atoms with Crippen LogP contribution in [0.25, 0.3) is 5.76 Å². The van der Waals surface area contributed by atoms with Gasteiger partial charge in [0.25, 0.3) is 5.78 Å². The molecule has 1 saturated heterocycles. The number of aliphatic hydroxyl groups is 1. The first-order chi connectivity index (χ1) is 14.9. The van der Waals surface area contributed by atoms with Crippen molar-refractivity contribution in [3.8, 4) is 5.75 Å². The number of aromatic nitrogens is 2. The summed E-state index contributed by atoms with van der Waals surface area (Å²) in [5.74, 6) is -1.09. The minimum atomic E-state index is -0.806. The van der Waals surface area contributed by atoms with Crippen LogP contribution in [0, 0.1) is 13.8 Å². The summed E-state index contributed by atoms with van der Waals surface area (Å²) in [5, 5.41) is 20.1. The lowest BCUT2D eigenvalue weighted by molar-refractivity contribution is -0.132. The first-order valence-corrected chi connectivity index (χ1v) is 10.6. The smallest absolute Gasteiger partial charge is 0.301 e. The Bertz CT molecular complexity index is 1170. The van der Waals surface area contributed by atoms with Crippen LogP contribution >= 0.6 is 11.3 Å². The van der Waals surface area contributed by atoms with Crippen molar-refractivity contribution >= 4 is 33.9 Å². The van der Waals surface area contributed by atoms with E-state index in [4.69, 9.17) is 4.74 Å². The number of amides is 1. The SMILES string of the molecule is CCOc1ccc(/C(O)=C2/C(=O)C(=O)N(c3nnc(C)s3)C2c2ccc(C)cc2)cc1. The van der Waals surface area contributed by atoms with Crippen molar-refractivity contribution in [1.82, 2.24) is 10.2 Å². The monoisotopic (exact) mass is 435 g/mol. The predicted molar refractivity (Wildman–Crippen MR) is 118 cm³/mol. The molecule has 0 aliphatic carbocycles. The molecule has 0 radical (unpaired) electrons. The van der Waals surface area contributed by atoms with Crippen LogP contribution in [-0.2, 0) is 9.59 Å². The van der Waals surface area contributed by atoms with Crippen LogP contribution in [-0.4, -0.2) is 33.6 Å². The Labute approximate surface area is 183 Å². The number of carbonyl (C=O) groups excluding carboxylic acids is 2. The molecule has 1 N–H and O–H groups in total. The fraction of sp³-hybridized carbons (Fsp3) is 0.217. The maximum atomic E-state index is 13.1. The van der Waals surface area contributed by atoms with Crippen molar-refractivity contribution in [2.75, 3.05) is 11.5 Å². The van der Waals surface area contributed by atoms with Gasteiger partial charge in [-0.05, 0) is 50.6 Å². The third-order valence-electron chi connectivity index (χ3n) is 5.00. The molecule has 1 aliphatic rings. The Balaban J connectivity index is 1.87. The predicted octanol–water partition coefficient (Wildman–Crippen LogP) is 4.18. The third kappa shape index (κ3) is 3.82. The van der Waals surface area contributed by atoms with E-state index in [2.05, 4.69) is 10.2 Å². The molecule has 0 saturated carbocycles. The number of benzene rings is 2. The first kappa shape index (κ1) is 20.7. The number of rotatable bonds is 5. The lowest BCUT2D eigenvalue weighted by Gasteiger charge is -2.22. The third-order valence-corrected chi connectivity index (χ3v) is 5.84. The van der Waals surface area contributed by atoms with Crippen molar-refractivity contribution in [2.45, 2.75) is 26.8 Å². The normalized spacial score (nSPS) is 17.9. The Morgan fingerprint density at radius 1 is 1.06 bits per heavy atom. The summed E-state index contributed by atoms with van der Waals surface area (Å²) in [4.78, 5) is 27.4. The summed E-state index contributed by atoms with van der Waals surface area (Å²) in [5.41, 5.74) is 2.18. The van der Waals surface area contributed by atoms with Gasteiger partial charge in [-0.3, -0.25) is 14.5 Å². The van der Waals surface area contributed by atoms with E-state index in [1.165, 1.54) is 16.2 Å². The molecular weight excluding hydrogens is 414 g/mol. The van der Waals surface area contributed by atoms with E-state index < -0.39 is 17.7 Å². The number of Topliss-reactive ketones (excluding diaryl/α,β-unsaturated/α-hetero) is 1. The molecule has 4 rings (SSSR count). The minimum Gasteiger partial charge on any atom is -0.507 e. The lowest BCUT2D eigenvalue weighted by atomic mass is 9.95. The Morgan fingerprint density at radius 3 is 2.32 bits per heavy atom. The van der Waals surface area contributed by atoms with Gasteiger partial charge in [0.05, 0.1) is 18.2 Å². The van der Waals surface area contributed by atoms with Crippen molar-refractivity contribution in [3.05, 3.63) is 75.8 Å². The number of hydrogen-bond donors (Lipinski definition) is 1. The van der Waals surface area contributed by atoms with Gasteiger partial charge in [-0.15, -0.1) is 10.2 Å². The first-order valence-electron chi connectivity index (χ1n) is 9.81. The van der Waals surface area contributed by atoms with E-state index in [0.29, 0.717) is 33.6 Å². The highest BCUT2D eigenvalue weighted by atomic mass is 32.1. The molecule has 1 atom stereocenters. The van der Waals surface area contributed by atoms with Crippen LogP contribution in [0.15, 0.2) is 54.1 Å². The van der Waals surface area contributed by atoms with Gasteiger partial charge in [-0.1, -0.05) is 41.2 Å². The van der Waals surface area contributed by atoms with Crippen LogP contribution in [0.2, 0.25) is 0 Å². The standard InChI is InChI=1S/C23H21N3O4S/c1-4-30-17-11-9-16(10-12-17)20(27)18-19(15-7-5-13(2)6-8-15)26(22(29)21(18)28)23-25-24-14(3)31-23/h5-12,19,27H,4H2,1-3H3/b20-18-. The maximum Gasteiger partial charge on any atom is 0.301 e. The molecule has 1 amide bonds. The summed E-state index contributed by atoms with van der Waals surface area (Å²) >= 11 is 1.22. The van der Waals surface area contributed by atoms with Crippen molar-refractivity contribution in [2.24, 2.45) is 0 Å². The summed E-state index contributed by atoms with van der Waals surface area (Å²) in [6.07, 6.45) is 0. The summed E-state index contributed by atoms with van der Waals surface area (Å²) in [6.45, 7) is 6.13. The van der Waals surface area contributed by atoms with Gasteiger partial charge in [0.2, 0.25) is 5.13 Å². The second-order valence-electron chi connectivity index (χ2n) is 7.14. The van der Waals surface area contributed by atoms with Gasteiger partial charge in [0.1, 0.15) is 16.5 Å². The van der Waals surface area contributed by atoms with E-state index in [-0.39, 0.29) is 11.3 Å². The molecular formula is C23H21N3O4S. The van der Waals surface area contributed by atoms with Gasteiger partial charge in [-0.2, -0.15) is 0 Å². The highest BCUT2D eigenvalue weighted by Crippen LogP contribution is 2.43. The highest BCUT2D eigenvalue weighted by Gasteiger charge is 2.48. The van der Waals surface area contributed by atoms with Crippen molar-refractivity contribution < 1.29 is 19.4 Å². The van der Waals surface area contributed by atoms with Crippen LogP contribution in [0.5, 0.6) is 5.75 Å². The highest BCUT2D eigenvalue weighted by molar-refractivity contribution is 7.15. The zero-order valence-corrected chi connectivity index (χ0v) is 18.1. The second kappa shape index (κ2) is 8.31. The Hall–Kier alpha value is -3.52. The van der Waals surface area contributed by atoms with Gasteiger partial charge >= 0.3 is 5.91 Å². The van der Waals surface area contributed by atoms with Gasteiger partial charge in [0.15, 0.2) is 0 Å². The van der Waals surface area contributed by atoms with Crippen LogP contribution < -0.4 is 9.64 Å². The van der Waals surface area contributed by atoms with Gasteiger partial charge < -0.3 is 9.84 Å². The molecule has 31 heavy (non-hydrogen) atoms. The molecule has 1 fully saturated rings. The Morgan fingerprint density at radius 2 is 1.74 bits per heavy atom. The molecule has 1 unspecified atom stereocenters. The fourth-order valence-corrected chi connectivity index (χ4v) is 4.22. The molecule has 158 valence electrons. The molecule has 2 aromatic carbocycles. The van der Waals surface area contributed by atoms with E-state index in [9.17, 15) is 14.7 Å². The number of ether oxygens (including phenoxy) is 1. The number of hydrogen-bond acceptors (Lipinski definition) is 7. The zero-order chi connectivity index (χ0) is 22.1. The van der Waals surface area contributed by atoms with Gasteiger partial charge in [-0.25, -0.2) is 0 Å². The van der Waals surface area contributed by atoms with Crippen LogP contribution in [0.4, 0.5) is 5.13 Å². The molecule has 7 nitrogen and oxygen atoms in total. The summed E-state index contributed by atoms with van der Waals surface area (Å²) < 4.78 is 5.44. The number of aryl methyl sites for hydroxylation is 2. The lowest BCUT2D eigenvalue weighted by Crippen LogP contribution is -2.29. The van der Waals surface area contributed by atoms with Crippen molar-refractivity contribution in [3.63, 3.8) is 0 Å². The maximum absolute atomic E-state index is 13.1. The average molecular weight is 436 g/mol. The second-order valence-corrected chi connectivity index (χ2v) is 8.30. The Kier molecular flexibility index (Phi) is 5.56. The molecule has 2 heterocycles. The molecule has 3 aromatic rings. The number of nitrogens with zero attached hydrogens (tertiary/aromatic N) is 3. The molecule has 0 spiro atoms. The number of anilines is 1.